The smallest absolute Gasteiger partial charge is 0.110 e. The maximum atomic E-state index is 4.53. The van der Waals surface area contributed by atoms with Crippen molar-refractivity contribution in [2.24, 2.45) is 5.41 Å². The Balaban J connectivity index is 1.98. The van der Waals surface area contributed by atoms with E-state index in [1.54, 1.807) is 0 Å². The number of thioether (sulfide) groups is 1. The number of nitrogens with zero attached hydrogens (tertiary/aromatic N) is 1. The molecular formula is C12H16BrNS2. The summed E-state index contributed by atoms with van der Waals surface area (Å²) in [6.07, 6.45) is 7.24. The van der Waals surface area contributed by atoms with E-state index in [1.807, 2.05) is 24.0 Å². The zero-order valence-corrected chi connectivity index (χ0v) is 12.5. The van der Waals surface area contributed by atoms with Crippen molar-refractivity contribution >= 4 is 40.3 Å². The van der Waals surface area contributed by atoms with Crippen molar-refractivity contribution in [3.63, 3.8) is 0 Å². The molecule has 2 rings (SSSR count). The van der Waals surface area contributed by atoms with Crippen LogP contribution in [0.25, 0.3) is 0 Å². The van der Waals surface area contributed by atoms with Crippen LogP contribution < -0.4 is 0 Å². The predicted molar refractivity (Wildman–Crippen MR) is 77.4 cm³/mol. The molecule has 0 unspecified atom stereocenters. The molecule has 1 aromatic heterocycles. The van der Waals surface area contributed by atoms with Crippen molar-refractivity contribution in [1.82, 2.24) is 4.98 Å². The van der Waals surface area contributed by atoms with Crippen LogP contribution in [0.4, 0.5) is 0 Å². The minimum absolute atomic E-state index is 0.449. The Labute approximate surface area is 115 Å². The lowest BCUT2D eigenvalue weighted by Gasteiger charge is -2.26. The molecule has 1 aliphatic rings. The van der Waals surface area contributed by atoms with Crippen molar-refractivity contribution < 1.29 is 0 Å². The summed E-state index contributed by atoms with van der Waals surface area (Å²) in [4.78, 5) is 4.40. The van der Waals surface area contributed by atoms with Crippen molar-refractivity contribution in [3.05, 3.63) is 22.8 Å². The highest BCUT2D eigenvalue weighted by Gasteiger charge is 2.32. The third kappa shape index (κ3) is 2.96. The summed E-state index contributed by atoms with van der Waals surface area (Å²) in [7, 11) is 0. The first-order valence-electron chi connectivity index (χ1n) is 5.60. The van der Waals surface area contributed by atoms with Gasteiger partial charge in [-0.1, -0.05) is 12.8 Å². The predicted octanol–water partition coefficient (Wildman–Crippen LogP) is 4.43. The highest BCUT2D eigenvalue weighted by Crippen LogP contribution is 2.43. The largest absolute Gasteiger partial charge is 0.249 e. The van der Waals surface area contributed by atoms with Crippen molar-refractivity contribution in [2.45, 2.75) is 30.7 Å². The molecule has 0 aliphatic heterocycles. The Bertz CT molecular complexity index is 351. The average molecular weight is 318 g/mol. The van der Waals surface area contributed by atoms with Gasteiger partial charge in [-0.2, -0.15) is 12.6 Å². The molecule has 1 aliphatic carbocycles. The van der Waals surface area contributed by atoms with Crippen LogP contribution in [-0.4, -0.2) is 16.5 Å². The third-order valence-electron chi connectivity index (χ3n) is 3.24. The first kappa shape index (κ1) is 12.8. The fraction of sp³-hybridized carbons (Fsp3) is 0.583. The van der Waals surface area contributed by atoms with E-state index < -0.39 is 0 Å². The van der Waals surface area contributed by atoms with Gasteiger partial charge in [-0.3, -0.25) is 0 Å². The molecule has 1 fully saturated rings. The molecule has 0 N–H and O–H groups in total. The molecule has 0 amide bonds. The topological polar surface area (TPSA) is 12.9 Å². The van der Waals surface area contributed by atoms with Gasteiger partial charge in [0.05, 0.1) is 0 Å². The fourth-order valence-electron chi connectivity index (χ4n) is 2.17. The summed E-state index contributed by atoms with van der Waals surface area (Å²) in [6.45, 7) is 0. The van der Waals surface area contributed by atoms with Gasteiger partial charge in [0.25, 0.3) is 0 Å². The van der Waals surface area contributed by atoms with Crippen LogP contribution >= 0.6 is 40.3 Å². The normalized spacial score (nSPS) is 18.9. The lowest BCUT2D eigenvalue weighted by molar-refractivity contribution is 0.403. The molecule has 0 atom stereocenters. The average Bonchev–Trinajstić information content (AvgIpc) is 2.78. The summed E-state index contributed by atoms with van der Waals surface area (Å²) in [5.41, 5.74) is 0.449. The standard InChI is InChI=1S/C12H16BrNS2/c13-10-4-3-7-14-11(10)16-9-12(8-15)5-1-2-6-12/h3-4,7,15H,1-2,5-6,8-9H2. The maximum Gasteiger partial charge on any atom is 0.110 e. The lowest BCUT2D eigenvalue weighted by atomic mass is 9.91. The Morgan fingerprint density at radius 1 is 1.44 bits per heavy atom. The lowest BCUT2D eigenvalue weighted by Crippen LogP contribution is -2.21. The Hall–Kier alpha value is 0.330. The van der Waals surface area contributed by atoms with Gasteiger partial charge in [-0.15, -0.1) is 11.8 Å². The second-order valence-corrected chi connectivity index (χ2v) is 6.58. The highest BCUT2D eigenvalue weighted by molar-refractivity contribution is 9.10. The number of pyridine rings is 1. The van der Waals surface area contributed by atoms with Crippen molar-refractivity contribution in [2.75, 3.05) is 11.5 Å². The van der Waals surface area contributed by atoms with E-state index in [0.29, 0.717) is 5.41 Å². The molecular weight excluding hydrogens is 302 g/mol. The second kappa shape index (κ2) is 5.78. The van der Waals surface area contributed by atoms with E-state index in [9.17, 15) is 0 Å². The molecule has 1 heterocycles. The Morgan fingerprint density at radius 2 is 2.19 bits per heavy atom. The summed E-state index contributed by atoms with van der Waals surface area (Å²) in [5, 5.41) is 1.11. The minimum Gasteiger partial charge on any atom is -0.249 e. The summed E-state index contributed by atoms with van der Waals surface area (Å²) in [6, 6.07) is 4.01. The van der Waals surface area contributed by atoms with E-state index in [2.05, 4.69) is 39.6 Å². The van der Waals surface area contributed by atoms with Crippen LogP contribution in [0.2, 0.25) is 0 Å². The zero-order chi connectivity index (χ0) is 11.4. The van der Waals surface area contributed by atoms with Gasteiger partial charge in [0.15, 0.2) is 0 Å². The number of hydrogen-bond donors (Lipinski definition) is 1. The molecule has 1 aromatic rings. The maximum absolute atomic E-state index is 4.53. The number of aromatic nitrogens is 1. The van der Waals surface area contributed by atoms with Gasteiger partial charge in [0.2, 0.25) is 0 Å². The summed E-state index contributed by atoms with van der Waals surface area (Å²) >= 11 is 9.93. The van der Waals surface area contributed by atoms with Crippen LogP contribution in [0, 0.1) is 5.41 Å². The first-order valence-corrected chi connectivity index (χ1v) is 8.01. The van der Waals surface area contributed by atoms with Gasteiger partial charge in [-0.25, -0.2) is 4.98 Å². The van der Waals surface area contributed by atoms with Crippen molar-refractivity contribution in [1.29, 1.82) is 0 Å². The molecule has 16 heavy (non-hydrogen) atoms. The summed E-state index contributed by atoms with van der Waals surface area (Å²) < 4.78 is 1.10. The van der Waals surface area contributed by atoms with Gasteiger partial charge in [0.1, 0.15) is 5.03 Å². The molecule has 1 saturated carbocycles. The SMILES string of the molecule is SCC1(CSc2ncccc2Br)CCCC1. The molecule has 0 bridgehead atoms. The zero-order valence-electron chi connectivity index (χ0n) is 9.16. The quantitative estimate of drug-likeness (QED) is 0.652. The molecule has 4 heteroatoms. The number of hydrogen-bond acceptors (Lipinski definition) is 3. The van der Waals surface area contributed by atoms with E-state index in [0.717, 1.165) is 21.0 Å². The van der Waals surface area contributed by atoms with Crippen LogP contribution in [0.1, 0.15) is 25.7 Å². The first-order chi connectivity index (χ1) is 7.76. The second-order valence-electron chi connectivity index (χ2n) is 4.44. The third-order valence-corrected chi connectivity index (χ3v) is 6.17. The van der Waals surface area contributed by atoms with Crippen LogP contribution in [0.15, 0.2) is 27.8 Å². The van der Waals surface area contributed by atoms with Gasteiger partial charge in [-0.05, 0) is 52.1 Å². The molecule has 0 aromatic carbocycles. The van der Waals surface area contributed by atoms with Crippen LogP contribution in [0.3, 0.4) is 0 Å². The van der Waals surface area contributed by atoms with Crippen molar-refractivity contribution in [3.8, 4) is 0 Å². The highest BCUT2D eigenvalue weighted by atomic mass is 79.9. The fourth-order valence-corrected chi connectivity index (χ4v) is 4.52. The number of thiol groups is 1. The number of halogens is 1. The molecule has 88 valence electrons. The Morgan fingerprint density at radius 3 is 2.81 bits per heavy atom. The van der Waals surface area contributed by atoms with Crippen LogP contribution in [-0.2, 0) is 0 Å². The van der Waals surface area contributed by atoms with Crippen LogP contribution in [0.5, 0.6) is 0 Å². The molecule has 0 radical (unpaired) electrons. The van der Waals surface area contributed by atoms with E-state index in [-0.39, 0.29) is 0 Å². The van der Waals surface area contributed by atoms with Gasteiger partial charge >= 0.3 is 0 Å². The molecule has 0 saturated heterocycles. The molecule has 1 nitrogen and oxygen atoms in total. The summed E-state index contributed by atoms with van der Waals surface area (Å²) in [5.74, 6) is 2.15. The monoisotopic (exact) mass is 317 g/mol. The number of rotatable bonds is 4. The molecule has 0 spiro atoms. The van der Waals surface area contributed by atoms with E-state index >= 15 is 0 Å². The van der Waals surface area contributed by atoms with E-state index in [1.165, 1.54) is 25.7 Å². The Kier molecular flexibility index (Phi) is 4.62. The minimum atomic E-state index is 0.449. The van der Waals surface area contributed by atoms with Gasteiger partial charge < -0.3 is 0 Å². The van der Waals surface area contributed by atoms with E-state index in [4.69, 9.17) is 0 Å². The van der Waals surface area contributed by atoms with Gasteiger partial charge in [0, 0.05) is 16.4 Å².